The lowest BCUT2D eigenvalue weighted by molar-refractivity contribution is -0.144. The first-order valence-electron chi connectivity index (χ1n) is 3.69. The minimum atomic E-state index is -1.31. The molecule has 1 amide bonds. The Labute approximate surface area is 74.4 Å². The predicted octanol–water partition coefficient (Wildman–Crippen LogP) is -0.393. The molecule has 5 heteroatoms. The molecule has 0 aliphatic carbocycles. The molecule has 5 nitrogen and oxygen atoms in total. The van der Waals surface area contributed by atoms with E-state index in [1.54, 1.807) is 6.92 Å². The van der Waals surface area contributed by atoms with Crippen molar-refractivity contribution in [3.8, 4) is 0 Å². The number of aliphatic hydroxyl groups excluding tert-OH is 1. The van der Waals surface area contributed by atoms with Crippen molar-refractivity contribution < 1.29 is 19.8 Å². The molecule has 1 atom stereocenters. The number of hydrogen-bond acceptors (Lipinski definition) is 3. The van der Waals surface area contributed by atoms with E-state index < -0.39 is 24.4 Å². The van der Waals surface area contributed by atoms with Gasteiger partial charge in [0.1, 0.15) is 0 Å². The smallest absolute Gasteiger partial charge is 0.320 e. The summed E-state index contributed by atoms with van der Waals surface area (Å²) in [5.74, 6) is -3.31. The summed E-state index contributed by atoms with van der Waals surface area (Å²) in [5.41, 5.74) is 0.608. The Morgan fingerprint density at radius 2 is 2.31 bits per heavy atom. The van der Waals surface area contributed by atoms with Crippen LogP contribution in [-0.2, 0) is 9.59 Å². The number of carbonyl (C=O) groups excluding carboxylic acids is 1. The number of dihydropyridines is 1. The normalized spacial score (nSPS) is 22.3. The number of aliphatic carboxylic acids is 1. The number of hydrogen-bond donors (Lipinski definition) is 2. The van der Waals surface area contributed by atoms with Crippen molar-refractivity contribution in [1.82, 2.24) is 0 Å². The van der Waals surface area contributed by atoms with Crippen LogP contribution in [0, 0.1) is 5.92 Å². The van der Waals surface area contributed by atoms with Crippen molar-refractivity contribution in [3.05, 3.63) is 11.6 Å². The topological polar surface area (TPSA) is 87.0 Å². The Morgan fingerprint density at radius 3 is 2.77 bits per heavy atom. The summed E-state index contributed by atoms with van der Waals surface area (Å²) < 4.78 is 0. The fourth-order valence-electron chi connectivity index (χ4n) is 1.18. The summed E-state index contributed by atoms with van der Waals surface area (Å²) in [5, 5.41) is 17.5. The van der Waals surface area contributed by atoms with Gasteiger partial charge in [0.05, 0.1) is 6.61 Å². The van der Waals surface area contributed by atoms with Crippen molar-refractivity contribution in [3.63, 3.8) is 0 Å². The zero-order chi connectivity index (χ0) is 10.0. The van der Waals surface area contributed by atoms with E-state index in [0.29, 0.717) is 5.71 Å². The van der Waals surface area contributed by atoms with Crippen LogP contribution in [0.4, 0.5) is 0 Å². The van der Waals surface area contributed by atoms with Gasteiger partial charge in [0.2, 0.25) is 0 Å². The van der Waals surface area contributed by atoms with E-state index in [2.05, 4.69) is 4.99 Å². The standard InChI is InChI=1S/C8H9NO4/c1-4-2-5(3-10)6(8(12)13)7(11)9-4/h2,6,10H,3H2,1H3,(H,12,13). The summed E-state index contributed by atoms with van der Waals surface area (Å²) in [4.78, 5) is 25.2. The number of carboxylic acid groups (broad SMARTS) is 1. The van der Waals surface area contributed by atoms with Crippen LogP contribution < -0.4 is 0 Å². The molecule has 0 radical (unpaired) electrons. The van der Waals surface area contributed by atoms with Crippen LogP contribution in [0.5, 0.6) is 0 Å². The molecule has 1 aliphatic rings. The summed E-state index contributed by atoms with van der Waals surface area (Å²) in [6.45, 7) is 1.14. The molecular formula is C8H9NO4. The van der Waals surface area contributed by atoms with Gasteiger partial charge in [0, 0.05) is 5.71 Å². The van der Waals surface area contributed by atoms with E-state index in [4.69, 9.17) is 10.2 Å². The zero-order valence-electron chi connectivity index (χ0n) is 7.02. The van der Waals surface area contributed by atoms with Crippen molar-refractivity contribution in [2.45, 2.75) is 6.92 Å². The van der Waals surface area contributed by atoms with Crippen LogP contribution in [0.25, 0.3) is 0 Å². The summed E-state index contributed by atoms with van der Waals surface area (Å²) in [7, 11) is 0. The molecule has 0 aromatic heterocycles. The SMILES string of the molecule is CC1=NC(=O)C(C(=O)O)C(CO)=C1. The van der Waals surface area contributed by atoms with Crippen LogP contribution in [0.3, 0.4) is 0 Å². The highest BCUT2D eigenvalue weighted by Gasteiger charge is 2.32. The Hall–Kier alpha value is -1.49. The molecule has 0 bridgehead atoms. The van der Waals surface area contributed by atoms with Crippen LogP contribution in [0.2, 0.25) is 0 Å². The molecule has 13 heavy (non-hydrogen) atoms. The van der Waals surface area contributed by atoms with Gasteiger partial charge in [-0.1, -0.05) is 0 Å². The first kappa shape index (κ1) is 9.60. The minimum absolute atomic E-state index is 0.185. The third-order valence-electron chi connectivity index (χ3n) is 1.73. The van der Waals surface area contributed by atoms with Crippen LogP contribution in [0.1, 0.15) is 6.92 Å². The highest BCUT2D eigenvalue weighted by molar-refractivity contribution is 6.12. The monoisotopic (exact) mass is 183 g/mol. The van der Waals surface area contributed by atoms with Crippen LogP contribution >= 0.6 is 0 Å². The van der Waals surface area contributed by atoms with Gasteiger partial charge in [-0.05, 0) is 18.6 Å². The van der Waals surface area contributed by atoms with Crippen molar-refractivity contribution in [1.29, 1.82) is 0 Å². The molecule has 0 fully saturated rings. The zero-order valence-corrected chi connectivity index (χ0v) is 7.02. The maximum absolute atomic E-state index is 11.1. The first-order chi connectivity index (χ1) is 6.06. The average molecular weight is 183 g/mol. The highest BCUT2D eigenvalue weighted by atomic mass is 16.4. The molecule has 70 valence electrons. The molecule has 0 aromatic rings. The van der Waals surface area contributed by atoms with Crippen molar-refractivity contribution in [2.75, 3.05) is 6.61 Å². The fourth-order valence-corrected chi connectivity index (χ4v) is 1.18. The Balaban J connectivity index is 3.05. The third kappa shape index (κ3) is 1.81. The molecular weight excluding hydrogens is 174 g/mol. The summed E-state index contributed by atoms with van der Waals surface area (Å²) in [6, 6.07) is 0. The number of allylic oxidation sites excluding steroid dienone is 1. The van der Waals surface area contributed by atoms with E-state index in [9.17, 15) is 9.59 Å². The Kier molecular flexibility index (Phi) is 2.57. The number of rotatable bonds is 2. The van der Waals surface area contributed by atoms with E-state index >= 15 is 0 Å². The largest absolute Gasteiger partial charge is 0.480 e. The predicted molar refractivity (Wildman–Crippen MR) is 44.4 cm³/mol. The minimum Gasteiger partial charge on any atom is -0.480 e. The second-order valence-electron chi connectivity index (χ2n) is 2.74. The lowest BCUT2D eigenvalue weighted by Gasteiger charge is -2.15. The van der Waals surface area contributed by atoms with Gasteiger partial charge in [-0.2, -0.15) is 0 Å². The van der Waals surface area contributed by atoms with Gasteiger partial charge in [0.15, 0.2) is 5.92 Å². The van der Waals surface area contributed by atoms with E-state index in [-0.39, 0.29) is 5.57 Å². The average Bonchev–Trinajstić information content (AvgIpc) is 2.01. The molecule has 1 rings (SSSR count). The molecule has 1 heterocycles. The van der Waals surface area contributed by atoms with Gasteiger partial charge >= 0.3 is 5.97 Å². The number of aliphatic hydroxyl groups is 1. The molecule has 0 spiro atoms. The van der Waals surface area contributed by atoms with Gasteiger partial charge in [-0.25, -0.2) is 4.99 Å². The highest BCUT2D eigenvalue weighted by Crippen LogP contribution is 2.17. The third-order valence-corrected chi connectivity index (χ3v) is 1.73. The van der Waals surface area contributed by atoms with Gasteiger partial charge < -0.3 is 10.2 Å². The van der Waals surface area contributed by atoms with E-state index in [1.165, 1.54) is 6.08 Å². The van der Waals surface area contributed by atoms with Crippen molar-refractivity contribution >= 4 is 17.6 Å². The van der Waals surface area contributed by atoms with Crippen LogP contribution in [0.15, 0.2) is 16.6 Å². The van der Waals surface area contributed by atoms with Crippen LogP contribution in [-0.4, -0.2) is 34.4 Å². The second kappa shape index (κ2) is 3.49. The number of nitrogens with zero attached hydrogens (tertiary/aromatic N) is 1. The Bertz CT molecular complexity index is 316. The number of carboxylic acids is 1. The molecule has 1 unspecified atom stereocenters. The molecule has 0 aromatic carbocycles. The van der Waals surface area contributed by atoms with Crippen molar-refractivity contribution in [2.24, 2.45) is 10.9 Å². The number of aliphatic imine (C=N–C) groups is 1. The summed E-state index contributed by atoms with van der Waals surface area (Å²) in [6.07, 6.45) is 1.42. The quantitative estimate of drug-likeness (QED) is 0.570. The Morgan fingerprint density at radius 1 is 1.69 bits per heavy atom. The lowest BCUT2D eigenvalue weighted by Crippen LogP contribution is -2.29. The van der Waals surface area contributed by atoms with E-state index in [1.807, 2.05) is 0 Å². The van der Waals surface area contributed by atoms with Gasteiger partial charge in [-0.3, -0.25) is 9.59 Å². The number of carbonyl (C=O) groups is 2. The maximum atomic E-state index is 11.1. The van der Waals surface area contributed by atoms with E-state index in [0.717, 1.165) is 0 Å². The number of amides is 1. The molecule has 0 saturated heterocycles. The molecule has 0 saturated carbocycles. The van der Waals surface area contributed by atoms with Gasteiger partial charge in [-0.15, -0.1) is 0 Å². The van der Waals surface area contributed by atoms with Gasteiger partial charge in [0.25, 0.3) is 5.91 Å². The molecule has 2 N–H and O–H groups in total. The summed E-state index contributed by atoms with van der Waals surface area (Å²) >= 11 is 0. The first-order valence-corrected chi connectivity index (χ1v) is 3.69. The maximum Gasteiger partial charge on any atom is 0.320 e. The lowest BCUT2D eigenvalue weighted by atomic mass is 9.95. The fraction of sp³-hybridized carbons (Fsp3) is 0.375. The molecule has 1 aliphatic heterocycles. The second-order valence-corrected chi connectivity index (χ2v) is 2.74.